The smallest absolute Gasteiger partial charge is 0.279 e. The first-order valence-electron chi connectivity index (χ1n) is 8.97. The number of amides is 1. The number of nitrogens with one attached hydrogen (secondary N) is 3. The minimum absolute atomic E-state index is 0.00368. The predicted molar refractivity (Wildman–Crippen MR) is 114 cm³/mol. The summed E-state index contributed by atoms with van der Waals surface area (Å²) in [6.45, 7) is 3.83. The lowest BCUT2D eigenvalue weighted by atomic mass is 10.0. The summed E-state index contributed by atoms with van der Waals surface area (Å²) in [5, 5.41) is 4.38. The van der Waals surface area contributed by atoms with Crippen LogP contribution in [-0.4, -0.2) is 36.3 Å². The number of anilines is 1. The molecule has 0 bridgehead atoms. The molecule has 1 amide bonds. The number of aromatic nitrogens is 1. The van der Waals surface area contributed by atoms with Crippen molar-refractivity contribution in [3.05, 3.63) is 63.8 Å². The van der Waals surface area contributed by atoms with Crippen LogP contribution in [0.4, 0.5) is 5.69 Å². The third kappa shape index (κ3) is 4.07. The Labute approximate surface area is 173 Å². The van der Waals surface area contributed by atoms with Crippen LogP contribution in [0.15, 0.2) is 42.5 Å². The molecule has 3 N–H and O–H groups in total. The molecule has 5 nitrogen and oxygen atoms in total. The van der Waals surface area contributed by atoms with E-state index in [9.17, 15) is 9.59 Å². The van der Waals surface area contributed by atoms with Crippen molar-refractivity contribution in [2.24, 2.45) is 0 Å². The summed E-state index contributed by atoms with van der Waals surface area (Å²) in [6.07, 6.45) is 0. The van der Waals surface area contributed by atoms with Gasteiger partial charge in [0, 0.05) is 16.6 Å². The lowest BCUT2D eigenvalue weighted by molar-refractivity contribution is -0.885. The molecule has 0 aliphatic heterocycles. The number of hydrogen-bond donors (Lipinski definition) is 3. The number of aromatic amines is 1. The van der Waals surface area contributed by atoms with E-state index in [0.717, 1.165) is 21.5 Å². The van der Waals surface area contributed by atoms with E-state index in [1.807, 2.05) is 45.2 Å². The van der Waals surface area contributed by atoms with Crippen LogP contribution < -0.4 is 10.2 Å². The van der Waals surface area contributed by atoms with Crippen LogP contribution in [0.5, 0.6) is 0 Å². The van der Waals surface area contributed by atoms with Crippen molar-refractivity contribution < 1.29 is 14.5 Å². The molecule has 0 saturated carbocycles. The van der Waals surface area contributed by atoms with Gasteiger partial charge >= 0.3 is 0 Å². The highest BCUT2D eigenvalue weighted by Crippen LogP contribution is 2.29. The number of aryl methyl sites for hydroxylation is 1. The number of halogens is 2. The van der Waals surface area contributed by atoms with Gasteiger partial charge in [-0.1, -0.05) is 47.5 Å². The minimum Gasteiger partial charge on any atom is -0.358 e. The fourth-order valence-corrected chi connectivity index (χ4v) is 3.73. The zero-order valence-electron chi connectivity index (χ0n) is 15.9. The van der Waals surface area contributed by atoms with E-state index in [0.29, 0.717) is 21.3 Å². The molecule has 0 spiro atoms. The SMILES string of the molecule is Cc1[nH]c2ccccc2c1C(=O)[C@@H](C)[NH+](C)CC(=O)Nc1c(Cl)cccc1Cl. The molecule has 0 saturated heterocycles. The fraction of sp³-hybridized carbons (Fsp3) is 0.238. The van der Waals surface area contributed by atoms with Gasteiger partial charge in [-0.05, 0) is 32.0 Å². The van der Waals surface area contributed by atoms with Gasteiger partial charge in [-0.2, -0.15) is 0 Å². The van der Waals surface area contributed by atoms with Gasteiger partial charge in [-0.25, -0.2) is 0 Å². The molecule has 28 heavy (non-hydrogen) atoms. The molecule has 1 aromatic heterocycles. The number of carbonyl (C=O) groups is 2. The number of Topliss-reactive ketones (excluding diaryl/α,β-unsaturated/α-hetero) is 1. The average molecular weight is 419 g/mol. The summed E-state index contributed by atoms with van der Waals surface area (Å²) in [4.78, 5) is 29.6. The van der Waals surface area contributed by atoms with E-state index in [-0.39, 0.29) is 18.2 Å². The van der Waals surface area contributed by atoms with Crippen molar-refractivity contribution in [3.63, 3.8) is 0 Å². The van der Waals surface area contributed by atoms with Crippen LogP contribution in [0, 0.1) is 6.92 Å². The van der Waals surface area contributed by atoms with Crippen molar-refractivity contribution in [1.82, 2.24) is 4.98 Å². The number of benzene rings is 2. The van der Waals surface area contributed by atoms with E-state index in [1.165, 1.54) is 0 Å². The first-order chi connectivity index (χ1) is 13.3. The highest BCUT2D eigenvalue weighted by Gasteiger charge is 2.28. The van der Waals surface area contributed by atoms with Crippen molar-refractivity contribution in [2.75, 3.05) is 18.9 Å². The maximum Gasteiger partial charge on any atom is 0.279 e. The molecule has 0 aliphatic carbocycles. The molecule has 3 aromatic rings. The van der Waals surface area contributed by atoms with E-state index in [2.05, 4.69) is 10.3 Å². The maximum absolute atomic E-state index is 13.1. The van der Waals surface area contributed by atoms with Gasteiger partial charge < -0.3 is 15.2 Å². The number of hydrogen-bond acceptors (Lipinski definition) is 2. The molecule has 2 atom stereocenters. The maximum atomic E-state index is 13.1. The normalized spacial score (nSPS) is 13.3. The number of ketones is 1. The summed E-state index contributed by atoms with van der Waals surface area (Å²) < 4.78 is 0. The molecular formula is C21H22Cl2N3O2+. The van der Waals surface area contributed by atoms with Crippen LogP contribution in [0.3, 0.4) is 0 Å². The summed E-state index contributed by atoms with van der Waals surface area (Å²) in [5.41, 5.74) is 2.82. The van der Waals surface area contributed by atoms with Crippen molar-refractivity contribution in [2.45, 2.75) is 19.9 Å². The second-order valence-corrected chi connectivity index (χ2v) is 7.74. The third-order valence-electron chi connectivity index (χ3n) is 4.94. The second kappa shape index (κ2) is 8.35. The Morgan fingerprint density at radius 1 is 1.11 bits per heavy atom. The van der Waals surface area contributed by atoms with Crippen molar-refractivity contribution >= 4 is 51.5 Å². The average Bonchev–Trinajstić information content (AvgIpc) is 2.99. The zero-order valence-corrected chi connectivity index (χ0v) is 17.4. The minimum atomic E-state index is -0.398. The van der Waals surface area contributed by atoms with E-state index in [4.69, 9.17) is 23.2 Å². The van der Waals surface area contributed by atoms with E-state index in [1.54, 1.807) is 18.2 Å². The van der Waals surface area contributed by atoms with Crippen LogP contribution in [-0.2, 0) is 4.79 Å². The van der Waals surface area contributed by atoms with Crippen LogP contribution in [0.2, 0.25) is 10.0 Å². The third-order valence-corrected chi connectivity index (χ3v) is 5.57. The molecule has 1 heterocycles. The topological polar surface area (TPSA) is 66.4 Å². The first kappa shape index (κ1) is 20.4. The standard InChI is InChI=1S/C21H21Cl2N3O2/c1-12-19(14-7-4-5-10-17(14)24-12)21(28)13(2)26(3)11-18(27)25-20-15(22)8-6-9-16(20)23/h4-10,13,24H,11H2,1-3H3,(H,25,27)/p+1/t13-/m1/s1. The Morgan fingerprint density at radius 3 is 2.43 bits per heavy atom. The highest BCUT2D eigenvalue weighted by molar-refractivity contribution is 6.39. The Morgan fingerprint density at radius 2 is 1.75 bits per heavy atom. The van der Waals surface area contributed by atoms with Crippen molar-refractivity contribution in [1.29, 1.82) is 0 Å². The highest BCUT2D eigenvalue weighted by atomic mass is 35.5. The summed E-state index contributed by atoms with van der Waals surface area (Å²) >= 11 is 12.2. The van der Waals surface area contributed by atoms with Gasteiger partial charge in [0.05, 0.1) is 28.3 Å². The predicted octanol–water partition coefficient (Wildman–Crippen LogP) is 3.51. The summed E-state index contributed by atoms with van der Waals surface area (Å²) in [6, 6.07) is 12.3. The zero-order chi connectivity index (χ0) is 20.4. The molecule has 0 fully saturated rings. The fourth-order valence-electron chi connectivity index (χ4n) is 3.24. The number of H-pyrrole nitrogens is 1. The lowest BCUT2D eigenvalue weighted by Gasteiger charge is -2.20. The van der Waals surface area contributed by atoms with Crippen LogP contribution in [0.25, 0.3) is 10.9 Å². The first-order valence-corrected chi connectivity index (χ1v) is 9.73. The van der Waals surface area contributed by atoms with Crippen molar-refractivity contribution in [3.8, 4) is 0 Å². The molecule has 7 heteroatoms. The number of quaternary nitrogens is 1. The molecular weight excluding hydrogens is 397 g/mol. The molecule has 0 aliphatic rings. The van der Waals surface area contributed by atoms with Gasteiger partial charge in [0.2, 0.25) is 5.78 Å². The van der Waals surface area contributed by atoms with Crippen LogP contribution in [0.1, 0.15) is 23.0 Å². The van der Waals surface area contributed by atoms with Crippen LogP contribution >= 0.6 is 23.2 Å². The molecule has 146 valence electrons. The summed E-state index contributed by atoms with van der Waals surface area (Å²) in [5.74, 6) is -0.265. The number of para-hydroxylation sites is 2. The number of carbonyl (C=O) groups excluding carboxylic acids is 2. The molecule has 2 aromatic carbocycles. The molecule has 0 radical (unpaired) electrons. The molecule has 3 rings (SSSR count). The quantitative estimate of drug-likeness (QED) is 0.536. The van der Waals surface area contributed by atoms with E-state index >= 15 is 0 Å². The Hall–Kier alpha value is -2.34. The Balaban J connectivity index is 1.73. The number of rotatable bonds is 6. The Bertz CT molecular complexity index is 1030. The Kier molecular flexibility index (Phi) is 6.08. The monoisotopic (exact) mass is 418 g/mol. The largest absolute Gasteiger partial charge is 0.358 e. The van der Waals surface area contributed by atoms with Gasteiger partial charge in [0.1, 0.15) is 6.04 Å². The van der Waals surface area contributed by atoms with Gasteiger partial charge in [0.15, 0.2) is 6.54 Å². The number of likely N-dealkylation sites (N-methyl/N-ethyl adjacent to an activating group) is 1. The molecule has 1 unspecified atom stereocenters. The number of fused-ring (bicyclic) bond motifs is 1. The van der Waals surface area contributed by atoms with E-state index < -0.39 is 6.04 Å². The van der Waals surface area contributed by atoms with Gasteiger partial charge in [0.25, 0.3) is 5.91 Å². The second-order valence-electron chi connectivity index (χ2n) is 6.92. The summed E-state index contributed by atoms with van der Waals surface area (Å²) in [7, 11) is 1.82. The lowest BCUT2D eigenvalue weighted by Crippen LogP contribution is -3.14. The van der Waals surface area contributed by atoms with Gasteiger partial charge in [-0.15, -0.1) is 0 Å². The van der Waals surface area contributed by atoms with Gasteiger partial charge in [-0.3, -0.25) is 9.59 Å².